The Morgan fingerprint density at radius 2 is 2.00 bits per heavy atom. The molecule has 2 aromatic heterocycles. The third kappa shape index (κ3) is 3.18. The van der Waals surface area contributed by atoms with E-state index in [4.69, 9.17) is 9.47 Å². The molecular formula is C14H17N5O2. The zero-order chi connectivity index (χ0) is 14.7. The second kappa shape index (κ2) is 5.90. The van der Waals surface area contributed by atoms with Crippen molar-refractivity contribution in [2.24, 2.45) is 0 Å². The molecule has 0 aliphatic carbocycles. The van der Waals surface area contributed by atoms with Crippen LogP contribution in [0.1, 0.15) is 12.0 Å². The van der Waals surface area contributed by atoms with Crippen LogP contribution in [0.15, 0.2) is 24.8 Å². The van der Waals surface area contributed by atoms with Crippen LogP contribution >= 0.6 is 0 Å². The fourth-order valence-corrected chi connectivity index (χ4v) is 2.24. The number of hydrogen-bond acceptors (Lipinski definition) is 7. The van der Waals surface area contributed by atoms with Crippen LogP contribution in [0.25, 0.3) is 0 Å². The summed E-state index contributed by atoms with van der Waals surface area (Å²) in [7, 11) is 1.59. The van der Waals surface area contributed by atoms with Gasteiger partial charge in [-0.2, -0.15) is 0 Å². The summed E-state index contributed by atoms with van der Waals surface area (Å²) in [6.07, 6.45) is 5.98. The number of nitrogens with zero attached hydrogens (tertiary/aromatic N) is 5. The van der Waals surface area contributed by atoms with Crippen LogP contribution in [0.2, 0.25) is 0 Å². The minimum atomic E-state index is 0.0636. The lowest BCUT2D eigenvalue weighted by atomic mass is 10.3. The quantitative estimate of drug-likeness (QED) is 0.837. The average molecular weight is 287 g/mol. The molecule has 1 aliphatic rings. The molecule has 1 aliphatic heterocycles. The average Bonchev–Trinajstić information content (AvgIpc) is 2.98. The van der Waals surface area contributed by atoms with Gasteiger partial charge in [0.25, 0.3) is 0 Å². The van der Waals surface area contributed by atoms with Gasteiger partial charge in [-0.05, 0) is 12.5 Å². The molecule has 1 fully saturated rings. The van der Waals surface area contributed by atoms with Crippen LogP contribution < -0.4 is 14.4 Å². The first kappa shape index (κ1) is 13.5. The van der Waals surface area contributed by atoms with Crippen molar-refractivity contribution < 1.29 is 9.47 Å². The van der Waals surface area contributed by atoms with Gasteiger partial charge >= 0.3 is 6.01 Å². The first-order valence-corrected chi connectivity index (χ1v) is 6.81. The molecular weight excluding hydrogens is 270 g/mol. The van der Waals surface area contributed by atoms with Gasteiger partial charge in [0.05, 0.1) is 13.7 Å². The maximum Gasteiger partial charge on any atom is 0.316 e. The van der Waals surface area contributed by atoms with Crippen LogP contribution in [-0.2, 0) is 0 Å². The predicted molar refractivity (Wildman–Crippen MR) is 76.6 cm³/mol. The normalized spacial score (nSPS) is 17.8. The van der Waals surface area contributed by atoms with E-state index in [-0.39, 0.29) is 6.10 Å². The molecule has 21 heavy (non-hydrogen) atoms. The molecule has 0 spiro atoms. The highest BCUT2D eigenvalue weighted by molar-refractivity contribution is 5.42. The van der Waals surface area contributed by atoms with Gasteiger partial charge in [-0.15, -0.1) is 0 Å². The molecule has 3 rings (SSSR count). The predicted octanol–water partition coefficient (Wildman–Crippen LogP) is 1.24. The second-order valence-corrected chi connectivity index (χ2v) is 4.94. The Bertz CT molecular complexity index is 605. The number of anilines is 1. The minimum absolute atomic E-state index is 0.0636. The van der Waals surface area contributed by atoms with Gasteiger partial charge in [-0.25, -0.2) is 19.9 Å². The minimum Gasteiger partial charge on any atom is -0.481 e. The molecule has 2 aromatic rings. The largest absolute Gasteiger partial charge is 0.481 e. The zero-order valence-electron chi connectivity index (χ0n) is 12.1. The molecule has 1 unspecified atom stereocenters. The third-order valence-corrected chi connectivity index (χ3v) is 3.34. The number of aryl methyl sites for hydroxylation is 1. The Balaban J connectivity index is 1.63. The van der Waals surface area contributed by atoms with E-state index in [2.05, 4.69) is 24.8 Å². The molecule has 0 saturated carbocycles. The molecule has 7 nitrogen and oxygen atoms in total. The van der Waals surface area contributed by atoms with Crippen molar-refractivity contribution in [3.05, 3.63) is 30.4 Å². The lowest BCUT2D eigenvalue weighted by Crippen LogP contribution is -2.25. The van der Waals surface area contributed by atoms with Crippen LogP contribution in [0.3, 0.4) is 0 Å². The molecule has 110 valence electrons. The fourth-order valence-electron chi connectivity index (χ4n) is 2.24. The van der Waals surface area contributed by atoms with E-state index in [0.717, 1.165) is 30.9 Å². The number of aromatic nitrogens is 4. The Labute approximate surface area is 123 Å². The van der Waals surface area contributed by atoms with Crippen LogP contribution in [-0.4, -0.2) is 46.2 Å². The molecule has 7 heteroatoms. The summed E-state index contributed by atoms with van der Waals surface area (Å²) in [4.78, 5) is 18.8. The molecule has 1 saturated heterocycles. The van der Waals surface area contributed by atoms with Gasteiger partial charge in [0, 0.05) is 31.4 Å². The lowest BCUT2D eigenvalue weighted by Gasteiger charge is -2.17. The molecule has 0 bridgehead atoms. The fraction of sp³-hybridized carbons (Fsp3) is 0.429. The summed E-state index contributed by atoms with van der Waals surface area (Å²) in [5, 5.41) is 0. The number of methoxy groups -OCH3 is 1. The first-order valence-electron chi connectivity index (χ1n) is 6.81. The highest BCUT2D eigenvalue weighted by Crippen LogP contribution is 2.22. The summed E-state index contributed by atoms with van der Waals surface area (Å²) < 4.78 is 10.9. The first-order chi connectivity index (χ1) is 10.2. The number of ether oxygens (including phenoxy) is 2. The van der Waals surface area contributed by atoms with Crippen LogP contribution in [0.5, 0.6) is 11.9 Å². The molecule has 0 radical (unpaired) electrons. The van der Waals surface area contributed by atoms with Gasteiger partial charge in [0.2, 0.25) is 5.88 Å². The van der Waals surface area contributed by atoms with Gasteiger partial charge in [-0.3, -0.25) is 0 Å². The topological polar surface area (TPSA) is 73.3 Å². The summed E-state index contributed by atoms with van der Waals surface area (Å²) in [6.45, 7) is 3.57. The molecule has 1 atom stereocenters. The summed E-state index contributed by atoms with van der Waals surface area (Å²) >= 11 is 0. The number of hydrogen-bond donors (Lipinski definition) is 0. The van der Waals surface area contributed by atoms with E-state index in [9.17, 15) is 0 Å². The van der Waals surface area contributed by atoms with Crippen molar-refractivity contribution in [2.75, 3.05) is 25.1 Å². The van der Waals surface area contributed by atoms with Crippen LogP contribution in [0, 0.1) is 6.92 Å². The van der Waals surface area contributed by atoms with E-state index in [0.29, 0.717) is 11.9 Å². The Hall–Kier alpha value is -2.44. The Morgan fingerprint density at radius 3 is 2.76 bits per heavy atom. The zero-order valence-corrected chi connectivity index (χ0v) is 12.1. The van der Waals surface area contributed by atoms with Crippen molar-refractivity contribution in [1.29, 1.82) is 0 Å². The molecule has 3 heterocycles. The maximum atomic E-state index is 5.80. The van der Waals surface area contributed by atoms with E-state index < -0.39 is 0 Å². The highest BCUT2D eigenvalue weighted by atomic mass is 16.5. The monoisotopic (exact) mass is 287 g/mol. The van der Waals surface area contributed by atoms with E-state index in [1.54, 1.807) is 19.5 Å². The molecule has 0 aromatic carbocycles. The number of rotatable bonds is 4. The van der Waals surface area contributed by atoms with Crippen molar-refractivity contribution in [3.63, 3.8) is 0 Å². The maximum absolute atomic E-state index is 5.80. The van der Waals surface area contributed by atoms with Gasteiger partial charge in [-0.1, -0.05) is 0 Å². The van der Waals surface area contributed by atoms with Gasteiger partial charge in [0.15, 0.2) is 0 Å². The van der Waals surface area contributed by atoms with Crippen molar-refractivity contribution in [2.45, 2.75) is 19.4 Å². The van der Waals surface area contributed by atoms with Gasteiger partial charge in [0.1, 0.15) is 18.2 Å². The van der Waals surface area contributed by atoms with Crippen molar-refractivity contribution >= 4 is 5.82 Å². The molecule has 0 N–H and O–H groups in total. The van der Waals surface area contributed by atoms with Gasteiger partial charge < -0.3 is 14.4 Å². The lowest BCUT2D eigenvalue weighted by molar-refractivity contribution is 0.206. The molecule has 0 amide bonds. The highest BCUT2D eigenvalue weighted by Gasteiger charge is 2.26. The van der Waals surface area contributed by atoms with E-state index in [1.807, 2.05) is 13.0 Å². The third-order valence-electron chi connectivity index (χ3n) is 3.34. The smallest absolute Gasteiger partial charge is 0.316 e. The Morgan fingerprint density at radius 1 is 1.19 bits per heavy atom. The van der Waals surface area contributed by atoms with Crippen molar-refractivity contribution in [1.82, 2.24) is 19.9 Å². The van der Waals surface area contributed by atoms with Crippen LogP contribution in [0.4, 0.5) is 5.82 Å². The summed E-state index contributed by atoms with van der Waals surface area (Å²) in [6, 6.07) is 2.25. The standard InChI is InChI=1S/C14H17N5O2/c1-10-6-15-14(16-7-10)21-11-3-4-19(8-11)12-5-13(20-2)18-9-17-12/h5-7,9,11H,3-4,8H2,1-2H3. The van der Waals surface area contributed by atoms with Crippen molar-refractivity contribution in [3.8, 4) is 11.9 Å². The summed E-state index contributed by atoms with van der Waals surface area (Å²) in [5.41, 5.74) is 1.02. The SMILES string of the molecule is COc1cc(N2CCC(Oc3ncc(C)cn3)C2)ncn1. The Kier molecular flexibility index (Phi) is 3.81. The second-order valence-electron chi connectivity index (χ2n) is 4.94. The van der Waals surface area contributed by atoms with E-state index in [1.165, 1.54) is 6.33 Å². The summed E-state index contributed by atoms with van der Waals surface area (Å²) in [5.74, 6) is 1.41. The van der Waals surface area contributed by atoms with E-state index >= 15 is 0 Å².